The van der Waals surface area contributed by atoms with Gasteiger partial charge in [-0.2, -0.15) is 0 Å². The summed E-state index contributed by atoms with van der Waals surface area (Å²) in [5, 5.41) is 11.7. The third kappa shape index (κ3) is 3.45. The molecule has 0 aliphatic heterocycles. The lowest BCUT2D eigenvalue weighted by molar-refractivity contribution is -0.140. The maximum atomic E-state index is 12.1. The van der Waals surface area contributed by atoms with Gasteiger partial charge in [0.15, 0.2) is 0 Å². The van der Waals surface area contributed by atoms with Crippen LogP contribution in [0.25, 0.3) is 0 Å². The summed E-state index contributed by atoms with van der Waals surface area (Å²) in [6.45, 7) is 0. The summed E-state index contributed by atoms with van der Waals surface area (Å²) in [4.78, 5) is 22.9. The molecule has 1 amide bonds. The Labute approximate surface area is 127 Å². The zero-order valence-corrected chi connectivity index (χ0v) is 12.9. The second-order valence-electron chi connectivity index (χ2n) is 4.27. The van der Waals surface area contributed by atoms with Gasteiger partial charge in [0.2, 0.25) is 0 Å². The fraction of sp³-hybridized carbons (Fsp3) is 0.231. The first kappa shape index (κ1) is 14.3. The van der Waals surface area contributed by atoms with Gasteiger partial charge in [-0.05, 0) is 40.5 Å². The van der Waals surface area contributed by atoms with Crippen molar-refractivity contribution in [2.75, 3.05) is 0 Å². The highest BCUT2D eigenvalue weighted by Crippen LogP contribution is 2.23. The Bertz CT molecular complexity index is 557. The molecule has 2 rings (SSSR count). The molecule has 0 fully saturated rings. The van der Waals surface area contributed by atoms with Crippen LogP contribution in [-0.4, -0.2) is 23.0 Å². The Morgan fingerprint density at radius 3 is 2.63 bits per heavy atom. The van der Waals surface area contributed by atoms with Gasteiger partial charge in [0.25, 0.3) is 5.91 Å². The number of carbonyl (C=O) groups excluding carboxylic acids is 1. The fourth-order valence-electron chi connectivity index (χ4n) is 1.91. The van der Waals surface area contributed by atoms with E-state index in [4.69, 9.17) is 5.11 Å². The van der Waals surface area contributed by atoms with Crippen LogP contribution >= 0.6 is 31.9 Å². The van der Waals surface area contributed by atoms with Crippen LogP contribution in [0.4, 0.5) is 0 Å². The number of rotatable bonds is 3. The predicted molar refractivity (Wildman–Crippen MR) is 78.0 cm³/mol. The van der Waals surface area contributed by atoms with Crippen LogP contribution in [0.2, 0.25) is 0 Å². The molecule has 0 saturated carbocycles. The largest absolute Gasteiger partial charge is 0.481 e. The van der Waals surface area contributed by atoms with Gasteiger partial charge in [-0.15, -0.1) is 0 Å². The zero-order chi connectivity index (χ0) is 14.0. The molecule has 0 saturated heterocycles. The molecule has 1 aliphatic carbocycles. The molecule has 0 heterocycles. The van der Waals surface area contributed by atoms with Crippen molar-refractivity contribution in [1.82, 2.24) is 5.32 Å². The first-order valence-corrected chi connectivity index (χ1v) is 7.23. The summed E-state index contributed by atoms with van der Waals surface area (Å²) in [5.41, 5.74) is 0.515. The van der Waals surface area contributed by atoms with E-state index < -0.39 is 11.9 Å². The van der Waals surface area contributed by atoms with E-state index in [0.29, 0.717) is 16.5 Å². The van der Waals surface area contributed by atoms with Gasteiger partial charge in [0.05, 0.1) is 11.5 Å². The number of benzene rings is 1. The Balaban J connectivity index is 2.05. The van der Waals surface area contributed by atoms with Crippen molar-refractivity contribution in [1.29, 1.82) is 0 Å². The number of carboxylic acids is 1. The molecule has 1 aromatic rings. The molecule has 0 aromatic heterocycles. The molecular formula is C13H11Br2NO3. The average molecular weight is 389 g/mol. The van der Waals surface area contributed by atoms with Crippen LogP contribution in [0.1, 0.15) is 16.8 Å². The third-order valence-corrected chi connectivity index (χ3v) is 4.08. The Morgan fingerprint density at radius 2 is 2.00 bits per heavy atom. The van der Waals surface area contributed by atoms with Crippen molar-refractivity contribution in [3.8, 4) is 0 Å². The molecule has 0 radical (unpaired) electrons. The number of halogens is 2. The topological polar surface area (TPSA) is 66.4 Å². The molecular weight excluding hydrogens is 378 g/mol. The minimum atomic E-state index is -0.864. The van der Waals surface area contributed by atoms with Gasteiger partial charge in [-0.25, -0.2) is 0 Å². The molecule has 2 atom stereocenters. The summed E-state index contributed by atoms with van der Waals surface area (Å²) in [6.07, 6.45) is 3.73. The number of amides is 1. The number of carbonyl (C=O) groups is 2. The van der Waals surface area contributed by atoms with Gasteiger partial charge in [0, 0.05) is 15.0 Å². The van der Waals surface area contributed by atoms with E-state index in [2.05, 4.69) is 37.2 Å². The van der Waals surface area contributed by atoms with Gasteiger partial charge >= 0.3 is 5.97 Å². The van der Waals surface area contributed by atoms with Crippen molar-refractivity contribution in [3.05, 3.63) is 44.9 Å². The van der Waals surface area contributed by atoms with Crippen molar-refractivity contribution in [2.45, 2.75) is 12.5 Å². The third-order valence-electron chi connectivity index (χ3n) is 2.89. The second-order valence-corrected chi connectivity index (χ2v) is 6.04. The lowest BCUT2D eigenvalue weighted by Gasteiger charge is -2.13. The minimum absolute atomic E-state index is 0.228. The van der Waals surface area contributed by atoms with Crippen molar-refractivity contribution in [2.24, 2.45) is 5.92 Å². The summed E-state index contributed by atoms with van der Waals surface area (Å²) in [6, 6.07) is 5.09. The van der Waals surface area contributed by atoms with E-state index in [9.17, 15) is 9.59 Å². The molecule has 2 unspecified atom stereocenters. The van der Waals surface area contributed by atoms with Crippen molar-refractivity contribution < 1.29 is 14.7 Å². The molecule has 1 aromatic carbocycles. The number of aliphatic carboxylic acids is 1. The second kappa shape index (κ2) is 5.88. The molecule has 1 aliphatic rings. The molecule has 4 nitrogen and oxygen atoms in total. The standard InChI is InChI=1S/C13H11Br2NO3/c14-8-2-4-11(15)10(6-8)12(17)16-9-3-1-7(5-9)13(18)19/h1-4,6-7,9H,5H2,(H,16,17)(H,18,19). The van der Waals surface area contributed by atoms with Crippen molar-refractivity contribution >= 4 is 43.7 Å². The molecule has 6 heteroatoms. The first-order valence-electron chi connectivity index (χ1n) is 5.64. The first-order chi connectivity index (χ1) is 8.97. The summed E-state index contributed by atoms with van der Waals surface area (Å²) in [5.74, 6) is -1.61. The van der Waals surface area contributed by atoms with Gasteiger partial charge in [-0.3, -0.25) is 9.59 Å². The molecule has 100 valence electrons. The Hall–Kier alpha value is -1.14. The van der Waals surface area contributed by atoms with E-state index in [1.807, 2.05) is 6.07 Å². The van der Waals surface area contributed by atoms with E-state index in [1.54, 1.807) is 24.3 Å². The number of hydrogen-bond acceptors (Lipinski definition) is 2. The number of carboxylic acid groups (broad SMARTS) is 1. The van der Waals surface area contributed by atoms with Gasteiger partial charge in [0.1, 0.15) is 0 Å². The summed E-state index contributed by atoms with van der Waals surface area (Å²) in [7, 11) is 0. The highest BCUT2D eigenvalue weighted by molar-refractivity contribution is 9.11. The van der Waals surface area contributed by atoms with Crippen LogP contribution < -0.4 is 5.32 Å². The number of hydrogen-bond donors (Lipinski definition) is 2. The zero-order valence-electron chi connectivity index (χ0n) is 9.77. The predicted octanol–water partition coefficient (Wildman–Crippen LogP) is 2.97. The van der Waals surface area contributed by atoms with E-state index in [0.717, 1.165) is 4.47 Å². The fourth-order valence-corrected chi connectivity index (χ4v) is 2.69. The lowest BCUT2D eigenvalue weighted by atomic mass is 10.1. The monoisotopic (exact) mass is 387 g/mol. The highest BCUT2D eigenvalue weighted by atomic mass is 79.9. The summed E-state index contributed by atoms with van der Waals surface area (Å²) < 4.78 is 1.51. The quantitative estimate of drug-likeness (QED) is 0.782. The molecule has 0 spiro atoms. The molecule has 19 heavy (non-hydrogen) atoms. The molecule has 0 bridgehead atoms. The Morgan fingerprint density at radius 1 is 1.26 bits per heavy atom. The van der Waals surface area contributed by atoms with Crippen LogP contribution in [-0.2, 0) is 4.79 Å². The average Bonchev–Trinajstić information content (AvgIpc) is 2.80. The minimum Gasteiger partial charge on any atom is -0.481 e. The van der Waals surface area contributed by atoms with Crippen LogP contribution in [0.3, 0.4) is 0 Å². The van der Waals surface area contributed by atoms with Gasteiger partial charge < -0.3 is 10.4 Å². The maximum absolute atomic E-state index is 12.1. The number of nitrogens with one attached hydrogen (secondary N) is 1. The normalized spacial score (nSPS) is 21.4. The van der Waals surface area contributed by atoms with Gasteiger partial charge in [-0.1, -0.05) is 28.1 Å². The smallest absolute Gasteiger partial charge is 0.310 e. The maximum Gasteiger partial charge on any atom is 0.310 e. The van der Waals surface area contributed by atoms with Crippen LogP contribution in [0.15, 0.2) is 39.3 Å². The lowest BCUT2D eigenvalue weighted by Crippen LogP contribution is -2.33. The SMILES string of the molecule is O=C(NC1C=CC(C(=O)O)C1)c1cc(Br)ccc1Br. The molecule has 2 N–H and O–H groups in total. The Kier molecular flexibility index (Phi) is 4.42. The summed E-state index contributed by atoms with van der Waals surface area (Å²) >= 11 is 6.64. The van der Waals surface area contributed by atoms with Crippen molar-refractivity contribution in [3.63, 3.8) is 0 Å². The highest BCUT2D eigenvalue weighted by Gasteiger charge is 2.26. The van der Waals surface area contributed by atoms with E-state index in [1.165, 1.54) is 0 Å². The van der Waals surface area contributed by atoms with E-state index >= 15 is 0 Å². The van der Waals surface area contributed by atoms with E-state index in [-0.39, 0.29) is 11.9 Å². The van der Waals surface area contributed by atoms with Crippen LogP contribution in [0, 0.1) is 5.92 Å². The van der Waals surface area contributed by atoms with Crippen LogP contribution in [0.5, 0.6) is 0 Å².